The Morgan fingerprint density at radius 2 is 1.69 bits per heavy atom. The van der Waals surface area contributed by atoms with Gasteiger partial charge >= 0.3 is 0 Å². The summed E-state index contributed by atoms with van der Waals surface area (Å²) in [6.45, 7) is 0. The minimum absolute atomic E-state index is 0.00748. The lowest BCUT2D eigenvalue weighted by Gasteiger charge is -2.07. The summed E-state index contributed by atoms with van der Waals surface area (Å²) in [5.41, 5.74) is 3.78. The van der Waals surface area contributed by atoms with Gasteiger partial charge in [-0.15, -0.1) is 0 Å². The Bertz CT molecular complexity index is 1090. The van der Waals surface area contributed by atoms with Crippen molar-refractivity contribution in [2.24, 2.45) is 0 Å². The van der Waals surface area contributed by atoms with Gasteiger partial charge in [0.2, 0.25) is 0 Å². The first kappa shape index (κ1) is 16.8. The number of non-ortho nitro benzene ring substituents is 1. The van der Waals surface area contributed by atoms with E-state index in [0.717, 1.165) is 6.07 Å². The van der Waals surface area contributed by atoms with E-state index in [1.807, 2.05) is 0 Å². The number of carbonyl (C=O) groups is 2. The van der Waals surface area contributed by atoms with Gasteiger partial charge in [0.1, 0.15) is 5.56 Å². The first-order chi connectivity index (χ1) is 12.5. The third kappa shape index (κ3) is 3.41. The van der Waals surface area contributed by atoms with Crippen LogP contribution in [0.4, 0.5) is 5.69 Å². The Hall–Kier alpha value is -4.01. The van der Waals surface area contributed by atoms with Gasteiger partial charge in [-0.3, -0.25) is 35.3 Å². The van der Waals surface area contributed by atoms with Crippen molar-refractivity contribution in [2.75, 3.05) is 0 Å². The number of H-pyrrole nitrogens is 1. The number of aromatic nitrogens is 1. The maximum atomic E-state index is 12.2. The number of amides is 2. The normalized spacial score (nSPS) is 10.3. The third-order valence-corrected chi connectivity index (χ3v) is 3.61. The van der Waals surface area contributed by atoms with Crippen molar-refractivity contribution in [3.63, 3.8) is 0 Å². The highest BCUT2D eigenvalue weighted by Gasteiger charge is 2.15. The topological polar surface area (TPSA) is 134 Å². The quantitative estimate of drug-likeness (QED) is 0.485. The number of hydrazine groups is 1. The van der Waals surface area contributed by atoms with Crippen LogP contribution in [-0.2, 0) is 0 Å². The van der Waals surface area contributed by atoms with Gasteiger partial charge in [-0.2, -0.15) is 0 Å². The molecule has 3 aromatic rings. The fraction of sp³-hybridized carbons (Fsp3) is 0. The second-order valence-corrected chi connectivity index (χ2v) is 5.32. The van der Waals surface area contributed by atoms with E-state index in [9.17, 15) is 24.5 Å². The first-order valence-corrected chi connectivity index (χ1v) is 7.43. The van der Waals surface area contributed by atoms with Crippen molar-refractivity contribution < 1.29 is 14.5 Å². The molecule has 9 nitrogen and oxygen atoms in total. The van der Waals surface area contributed by atoms with Crippen LogP contribution in [0.1, 0.15) is 20.7 Å². The van der Waals surface area contributed by atoms with E-state index in [-0.39, 0.29) is 16.8 Å². The molecule has 2 amide bonds. The number of nitro groups is 1. The number of hydrogen-bond donors (Lipinski definition) is 3. The zero-order valence-electron chi connectivity index (χ0n) is 13.2. The van der Waals surface area contributed by atoms with Gasteiger partial charge in [-0.1, -0.05) is 24.3 Å². The molecule has 0 saturated carbocycles. The molecule has 0 spiro atoms. The van der Waals surface area contributed by atoms with Crippen molar-refractivity contribution in [1.82, 2.24) is 15.8 Å². The summed E-state index contributed by atoms with van der Waals surface area (Å²) in [7, 11) is 0. The summed E-state index contributed by atoms with van der Waals surface area (Å²) in [6, 6.07) is 13.4. The van der Waals surface area contributed by atoms with E-state index in [0.29, 0.717) is 10.9 Å². The van der Waals surface area contributed by atoms with Crippen LogP contribution in [-0.4, -0.2) is 21.7 Å². The Morgan fingerprint density at radius 3 is 2.46 bits per heavy atom. The maximum Gasteiger partial charge on any atom is 0.275 e. The molecule has 130 valence electrons. The molecule has 0 aliphatic heterocycles. The summed E-state index contributed by atoms with van der Waals surface area (Å²) in [6.07, 6.45) is 0. The fourth-order valence-corrected chi connectivity index (χ4v) is 2.33. The van der Waals surface area contributed by atoms with Gasteiger partial charge in [-0.05, 0) is 23.6 Å². The Morgan fingerprint density at radius 1 is 0.962 bits per heavy atom. The van der Waals surface area contributed by atoms with Gasteiger partial charge in [0.25, 0.3) is 23.1 Å². The number of para-hydroxylation sites is 1. The highest BCUT2D eigenvalue weighted by atomic mass is 16.6. The molecule has 0 aliphatic carbocycles. The van der Waals surface area contributed by atoms with Gasteiger partial charge in [0.15, 0.2) is 0 Å². The second-order valence-electron chi connectivity index (χ2n) is 5.32. The average molecular weight is 352 g/mol. The number of nitrogens with one attached hydrogen (secondary N) is 3. The van der Waals surface area contributed by atoms with Gasteiger partial charge in [-0.25, -0.2) is 0 Å². The predicted octanol–water partition coefficient (Wildman–Crippen LogP) is 1.51. The zero-order valence-corrected chi connectivity index (χ0v) is 13.2. The number of pyridine rings is 1. The molecule has 0 aliphatic rings. The van der Waals surface area contributed by atoms with Crippen LogP contribution in [0.5, 0.6) is 0 Å². The van der Waals surface area contributed by atoms with Gasteiger partial charge < -0.3 is 4.98 Å². The highest BCUT2D eigenvalue weighted by molar-refractivity contribution is 6.00. The lowest BCUT2D eigenvalue weighted by atomic mass is 10.1. The number of hydrogen-bond acceptors (Lipinski definition) is 5. The third-order valence-electron chi connectivity index (χ3n) is 3.61. The highest BCUT2D eigenvalue weighted by Crippen LogP contribution is 2.13. The predicted molar refractivity (Wildman–Crippen MR) is 92.6 cm³/mol. The van der Waals surface area contributed by atoms with Crippen molar-refractivity contribution in [3.05, 3.63) is 86.2 Å². The molecule has 1 heterocycles. The summed E-state index contributed by atoms with van der Waals surface area (Å²) < 4.78 is 0. The molecule has 26 heavy (non-hydrogen) atoms. The number of aromatic amines is 1. The van der Waals surface area contributed by atoms with E-state index in [2.05, 4.69) is 15.8 Å². The molecule has 0 radical (unpaired) electrons. The van der Waals surface area contributed by atoms with E-state index in [4.69, 9.17) is 0 Å². The molecule has 9 heteroatoms. The Kier molecular flexibility index (Phi) is 4.44. The van der Waals surface area contributed by atoms with E-state index in [1.165, 1.54) is 24.3 Å². The van der Waals surface area contributed by atoms with Crippen LogP contribution in [0.25, 0.3) is 10.9 Å². The van der Waals surface area contributed by atoms with Gasteiger partial charge in [0.05, 0.1) is 4.92 Å². The van der Waals surface area contributed by atoms with E-state index in [1.54, 1.807) is 24.3 Å². The number of fused-ring (bicyclic) bond motifs is 1. The van der Waals surface area contributed by atoms with Crippen LogP contribution in [0, 0.1) is 10.1 Å². The summed E-state index contributed by atoms with van der Waals surface area (Å²) in [5.74, 6) is -1.56. The minimum Gasteiger partial charge on any atom is -0.321 e. The molecule has 1 aromatic heterocycles. The SMILES string of the molecule is O=C(NNC(=O)c1cc2ccccc2[nH]c1=O)c1cccc([N+](=O)[O-])c1. The number of carbonyl (C=O) groups excluding carboxylic acids is 2. The standard InChI is InChI=1S/C17H12N4O5/c22-15(11-5-3-6-12(8-11)21(25)26)19-20-17(24)13-9-10-4-1-2-7-14(10)18-16(13)23/h1-9H,(H,18,23)(H,19,22)(H,20,24). The smallest absolute Gasteiger partial charge is 0.275 e. The monoisotopic (exact) mass is 352 g/mol. The second kappa shape index (κ2) is 6.85. The van der Waals surface area contributed by atoms with Crippen molar-refractivity contribution in [2.45, 2.75) is 0 Å². The largest absolute Gasteiger partial charge is 0.321 e. The van der Waals surface area contributed by atoms with Crippen molar-refractivity contribution >= 4 is 28.4 Å². The van der Waals surface area contributed by atoms with Crippen molar-refractivity contribution in [3.8, 4) is 0 Å². The fourth-order valence-electron chi connectivity index (χ4n) is 2.33. The van der Waals surface area contributed by atoms with Crippen LogP contribution in [0.3, 0.4) is 0 Å². The van der Waals surface area contributed by atoms with Crippen molar-refractivity contribution in [1.29, 1.82) is 0 Å². The number of rotatable bonds is 3. The van der Waals surface area contributed by atoms with Crippen LogP contribution < -0.4 is 16.4 Å². The molecule has 0 bridgehead atoms. The zero-order chi connectivity index (χ0) is 18.7. The first-order valence-electron chi connectivity index (χ1n) is 7.43. The molecular formula is C17H12N4O5. The maximum absolute atomic E-state index is 12.2. The molecule has 3 rings (SSSR count). The lowest BCUT2D eigenvalue weighted by Crippen LogP contribution is -2.43. The molecule has 2 aromatic carbocycles. The Labute approximate surface area is 145 Å². The Balaban J connectivity index is 1.75. The van der Waals surface area contributed by atoms with E-state index < -0.39 is 22.3 Å². The van der Waals surface area contributed by atoms with Crippen LogP contribution >= 0.6 is 0 Å². The molecular weight excluding hydrogens is 340 g/mol. The molecule has 0 fully saturated rings. The molecule has 0 saturated heterocycles. The lowest BCUT2D eigenvalue weighted by molar-refractivity contribution is -0.384. The minimum atomic E-state index is -0.809. The molecule has 3 N–H and O–H groups in total. The van der Waals surface area contributed by atoms with Crippen LogP contribution in [0.2, 0.25) is 0 Å². The summed E-state index contributed by atoms with van der Waals surface area (Å²) >= 11 is 0. The van der Waals surface area contributed by atoms with Gasteiger partial charge in [0, 0.05) is 23.2 Å². The summed E-state index contributed by atoms with van der Waals surface area (Å²) in [4.78, 5) is 48.9. The number of nitrogens with zero attached hydrogens (tertiary/aromatic N) is 1. The number of benzene rings is 2. The number of nitro benzene ring substituents is 1. The molecule has 0 atom stereocenters. The van der Waals surface area contributed by atoms with E-state index >= 15 is 0 Å². The van der Waals surface area contributed by atoms with Crippen LogP contribution in [0.15, 0.2) is 59.4 Å². The summed E-state index contributed by atoms with van der Waals surface area (Å²) in [5, 5.41) is 11.4. The average Bonchev–Trinajstić information content (AvgIpc) is 2.65. The molecule has 0 unspecified atom stereocenters.